The van der Waals surface area contributed by atoms with Crippen LogP contribution in [0.5, 0.6) is 5.75 Å². The van der Waals surface area contributed by atoms with Crippen LogP contribution in [0, 0.1) is 6.92 Å². The number of carbonyl (C=O) groups excluding carboxylic acids is 1. The van der Waals surface area contributed by atoms with Gasteiger partial charge in [-0.15, -0.1) is 0 Å². The second kappa shape index (κ2) is 7.00. The number of amides is 1. The smallest absolute Gasteiger partial charge is 0.339 e. The largest absolute Gasteiger partial charge is 0.494 e. The fraction of sp³-hybridized carbons (Fsp3) is 0.294. The Hall–Kier alpha value is -2.76. The molecule has 1 aromatic heterocycles. The Morgan fingerprint density at radius 3 is 2.43 bits per heavy atom. The molecule has 0 saturated carbocycles. The van der Waals surface area contributed by atoms with Gasteiger partial charge in [0, 0.05) is 12.6 Å². The summed E-state index contributed by atoms with van der Waals surface area (Å²) in [5, 5.41) is 9.02. The van der Waals surface area contributed by atoms with Gasteiger partial charge in [0.2, 0.25) is 0 Å². The summed E-state index contributed by atoms with van der Waals surface area (Å²) < 4.78 is 10.7. The van der Waals surface area contributed by atoms with Gasteiger partial charge in [-0.1, -0.05) is 0 Å². The van der Waals surface area contributed by atoms with Gasteiger partial charge in [0.15, 0.2) is 0 Å². The van der Waals surface area contributed by atoms with Crippen LogP contribution in [0.1, 0.15) is 39.2 Å². The van der Waals surface area contributed by atoms with Crippen LogP contribution in [0.15, 0.2) is 34.7 Å². The van der Waals surface area contributed by atoms with Gasteiger partial charge in [-0.05, 0) is 44.2 Å². The average molecular weight is 317 g/mol. The highest BCUT2D eigenvalue weighted by molar-refractivity contribution is 5.94. The van der Waals surface area contributed by atoms with Crippen molar-refractivity contribution in [3.63, 3.8) is 0 Å². The molecule has 0 aliphatic heterocycles. The maximum atomic E-state index is 12.4. The van der Waals surface area contributed by atoms with E-state index in [0.29, 0.717) is 29.4 Å². The minimum atomic E-state index is -1.04. The minimum absolute atomic E-state index is 0.113. The Balaban J connectivity index is 2.07. The van der Waals surface area contributed by atoms with Gasteiger partial charge in [-0.25, -0.2) is 4.79 Å². The van der Waals surface area contributed by atoms with E-state index < -0.39 is 5.97 Å². The maximum Gasteiger partial charge on any atom is 0.339 e. The number of furan rings is 1. The van der Waals surface area contributed by atoms with E-state index in [4.69, 9.17) is 14.3 Å². The van der Waals surface area contributed by atoms with Crippen molar-refractivity contribution in [1.29, 1.82) is 0 Å². The number of rotatable bonds is 6. The van der Waals surface area contributed by atoms with Crippen molar-refractivity contribution in [3.05, 3.63) is 53.0 Å². The van der Waals surface area contributed by atoms with E-state index in [9.17, 15) is 9.59 Å². The van der Waals surface area contributed by atoms with E-state index in [0.717, 1.165) is 0 Å². The van der Waals surface area contributed by atoms with Crippen LogP contribution in [0.3, 0.4) is 0 Å². The third kappa shape index (κ3) is 3.91. The molecule has 0 fully saturated rings. The standard InChI is InChI=1S/C17H19NO5/c1-4-22-13-7-5-12(6-8-13)16(19)18(3)10-14-9-15(17(20)21)11(2)23-14/h5-9H,4,10H2,1-3H3,(H,20,21). The first kappa shape index (κ1) is 16.6. The molecule has 2 aromatic rings. The first-order valence-corrected chi connectivity index (χ1v) is 7.23. The quantitative estimate of drug-likeness (QED) is 0.886. The van der Waals surface area contributed by atoms with Gasteiger partial charge in [0.1, 0.15) is 22.8 Å². The fourth-order valence-corrected chi connectivity index (χ4v) is 2.22. The molecule has 6 heteroatoms. The summed E-state index contributed by atoms with van der Waals surface area (Å²) in [6.45, 7) is 4.24. The SMILES string of the molecule is CCOc1ccc(C(=O)N(C)Cc2cc(C(=O)O)c(C)o2)cc1. The number of carboxylic acids is 1. The molecule has 0 unspecified atom stereocenters. The summed E-state index contributed by atoms with van der Waals surface area (Å²) >= 11 is 0. The number of ether oxygens (including phenoxy) is 1. The molecule has 0 aliphatic rings. The van der Waals surface area contributed by atoms with Gasteiger partial charge in [-0.2, -0.15) is 0 Å². The molecular formula is C17H19NO5. The summed E-state index contributed by atoms with van der Waals surface area (Å²) in [5.41, 5.74) is 0.639. The lowest BCUT2D eigenvalue weighted by Gasteiger charge is -2.16. The highest BCUT2D eigenvalue weighted by Gasteiger charge is 2.17. The summed E-state index contributed by atoms with van der Waals surface area (Å²) in [6, 6.07) is 8.31. The molecule has 0 aliphatic carbocycles. The zero-order valence-electron chi connectivity index (χ0n) is 13.3. The predicted octanol–water partition coefficient (Wildman–Crippen LogP) is 2.96. The van der Waals surface area contributed by atoms with Crippen LogP contribution in [0.4, 0.5) is 0 Å². The van der Waals surface area contributed by atoms with Crippen LogP contribution in [-0.2, 0) is 6.54 Å². The van der Waals surface area contributed by atoms with E-state index in [1.807, 2.05) is 6.92 Å². The Labute approximate surface area is 134 Å². The van der Waals surface area contributed by atoms with Gasteiger partial charge in [0.25, 0.3) is 5.91 Å². The first-order valence-electron chi connectivity index (χ1n) is 7.23. The van der Waals surface area contributed by atoms with Gasteiger partial charge >= 0.3 is 5.97 Å². The molecule has 6 nitrogen and oxygen atoms in total. The van der Waals surface area contributed by atoms with E-state index in [2.05, 4.69) is 0 Å². The van der Waals surface area contributed by atoms with Crippen molar-refractivity contribution < 1.29 is 23.8 Å². The van der Waals surface area contributed by atoms with E-state index >= 15 is 0 Å². The number of aromatic carboxylic acids is 1. The third-order valence-corrected chi connectivity index (χ3v) is 3.35. The molecule has 1 amide bonds. The fourth-order valence-electron chi connectivity index (χ4n) is 2.22. The maximum absolute atomic E-state index is 12.4. The molecule has 122 valence electrons. The number of benzene rings is 1. The molecule has 0 spiro atoms. The van der Waals surface area contributed by atoms with Gasteiger partial charge < -0.3 is 19.2 Å². The van der Waals surface area contributed by atoms with E-state index in [-0.39, 0.29) is 18.0 Å². The lowest BCUT2D eigenvalue weighted by molar-refractivity contribution is 0.0694. The Kier molecular flexibility index (Phi) is 5.05. The Morgan fingerprint density at radius 2 is 1.91 bits per heavy atom. The number of aryl methyl sites for hydroxylation is 1. The Bertz CT molecular complexity index is 702. The number of hydrogen-bond acceptors (Lipinski definition) is 4. The van der Waals surface area contributed by atoms with Crippen molar-refractivity contribution in [2.45, 2.75) is 20.4 Å². The van der Waals surface area contributed by atoms with Crippen LogP contribution >= 0.6 is 0 Å². The zero-order valence-corrected chi connectivity index (χ0v) is 13.3. The average Bonchev–Trinajstić information content (AvgIpc) is 2.88. The number of carboxylic acid groups (broad SMARTS) is 1. The summed E-state index contributed by atoms with van der Waals surface area (Å²) in [7, 11) is 1.64. The summed E-state index contributed by atoms with van der Waals surface area (Å²) in [4.78, 5) is 24.9. The monoisotopic (exact) mass is 317 g/mol. The van der Waals surface area contributed by atoms with Crippen molar-refractivity contribution in [2.24, 2.45) is 0 Å². The number of hydrogen-bond donors (Lipinski definition) is 1. The second-order valence-corrected chi connectivity index (χ2v) is 5.11. The van der Waals surface area contributed by atoms with Gasteiger partial charge in [-0.3, -0.25) is 4.79 Å². The molecule has 0 bridgehead atoms. The number of carbonyl (C=O) groups is 2. The molecule has 1 heterocycles. The second-order valence-electron chi connectivity index (χ2n) is 5.11. The summed E-state index contributed by atoms with van der Waals surface area (Å²) in [5.74, 6) is 0.243. The lowest BCUT2D eigenvalue weighted by Crippen LogP contribution is -2.25. The molecule has 1 aromatic carbocycles. The molecule has 0 saturated heterocycles. The van der Waals surface area contributed by atoms with Crippen molar-refractivity contribution in [3.8, 4) is 5.75 Å². The normalized spacial score (nSPS) is 10.4. The molecular weight excluding hydrogens is 298 g/mol. The van der Waals surface area contributed by atoms with Crippen molar-refractivity contribution >= 4 is 11.9 Å². The van der Waals surface area contributed by atoms with Crippen LogP contribution in [-0.4, -0.2) is 35.5 Å². The molecule has 23 heavy (non-hydrogen) atoms. The van der Waals surface area contributed by atoms with E-state index in [1.54, 1.807) is 38.2 Å². The molecule has 1 N–H and O–H groups in total. The predicted molar refractivity (Wildman–Crippen MR) is 83.8 cm³/mol. The topological polar surface area (TPSA) is 80.0 Å². The van der Waals surface area contributed by atoms with Crippen LogP contribution in [0.25, 0.3) is 0 Å². The highest BCUT2D eigenvalue weighted by atomic mass is 16.5. The molecule has 2 rings (SSSR count). The lowest BCUT2D eigenvalue weighted by atomic mass is 10.2. The van der Waals surface area contributed by atoms with Crippen molar-refractivity contribution in [2.75, 3.05) is 13.7 Å². The summed E-state index contributed by atoms with van der Waals surface area (Å²) in [6.07, 6.45) is 0. The van der Waals surface area contributed by atoms with Crippen molar-refractivity contribution in [1.82, 2.24) is 4.90 Å². The van der Waals surface area contributed by atoms with Crippen LogP contribution < -0.4 is 4.74 Å². The Morgan fingerprint density at radius 1 is 1.26 bits per heavy atom. The first-order chi connectivity index (χ1) is 10.9. The third-order valence-electron chi connectivity index (χ3n) is 3.35. The van der Waals surface area contributed by atoms with E-state index in [1.165, 1.54) is 11.0 Å². The zero-order chi connectivity index (χ0) is 17.0. The van der Waals surface area contributed by atoms with Crippen LogP contribution in [0.2, 0.25) is 0 Å². The molecule has 0 atom stereocenters. The molecule has 0 radical (unpaired) electrons. The van der Waals surface area contributed by atoms with Gasteiger partial charge in [0.05, 0.1) is 13.2 Å². The minimum Gasteiger partial charge on any atom is -0.494 e. The number of nitrogens with zero attached hydrogens (tertiary/aromatic N) is 1. The highest BCUT2D eigenvalue weighted by Crippen LogP contribution is 2.18.